The molecule has 2 aromatic heterocycles. The molecule has 0 aliphatic heterocycles. The molecule has 0 radical (unpaired) electrons. The van der Waals surface area contributed by atoms with Crippen LogP contribution >= 0.6 is 23.4 Å². The molecule has 1 N–H and O–H groups in total. The van der Waals surface area contributed by atoms with Gasteiger partial charge in [-0.1, -0.05) is 23.4 Å². The van der Waals surface area contributed by atoms with Gasteiger partial charge in [-0.25, -0.2) is 13.4 Å². The summed E-state index contributed by atoms with van der Waals surface area (Å²) in [5, 5.41) is 0.771. The Kier molecular flexibility index (Phi) is 5.35. The molecule has 10 heteroatoms. The first-order valence-electron chi connectivity index (χ1n) is 8.29. The van der Waals surface area contributed by atoms with Crippen molar-refractivity contribution >= 4 is 56.0 Å². The van der Waals surface area contributed by atoms with Gasteiger partial charge in [0.2, 0.25) is 5.78 Å². The predicted molar refractivity (Wildman–Crippen MR) is 110 cm³/mol. The van der Waals surface area contributed by atoms with Crippen molar-refractivity contribution in [3.8, 4) is 0 Å². The second-order valence-corrected chi connectivity index (χ2v) is 8.96. The Bertz CT molecular complexity index is 1270. The second-order valence-electron chi connectivity index (χ2n) is 5.91. The van der Waals surface area contributed by atoms with E-state index in [1.807, 2.05) is 0 Å². The Morgan fingerprint density at radius 1 is 1.14 bits per heavy atom. The maximum absolute atomic E-state index is 12.6. The van der Waals surface area contributed by atoms with Crippen molar-refractivity contribution in [3.63, 3.8) is 0 Å². The van der Waals surface area contributed by atoms with Crippen LogP contribution in [0.15, 0.2) is 79.8 Å². The number of Topliss-reactive ketones (excluding diaryl/α,β-unsaturated/α-hetero) is 1. The Morgan fingerprint density at radius 2 is 1.93 bits per heavy atom. The standard InChI is InChI=1S/C19H13ClN2O5S2/c20-12-3-5-13(6-4-12)22-29(24,25)14-7-8-17-15(10-14)21-19(27-17)28-11-16(23)18-2-1-9-26-18/h1-10,22H,11H2. The summed E-state index contributed by atoms with van der Waals surface area (Å²) >= 11 is 6.92. The fourth-order valence-electron chi connectivity index (χ4n) is 2.48. The lowest BCUT2D eigenvalue weighted by atomic mass is 10.3. The maximum atomic E-state index is 12.6. The minimum Gasteiger partial charge on any atom is -0.461 e. The monoisotopic (exact) mass is 448 g/mol. The van der Waals surface area contributed by atoms with E-state index in [-0.39, 0.29) is 27.4 Å². The maximum Gasteiger partial charge on any atom is 0.261 e. The largest absolute Gasteiger partial charge is 0.461 e. The Morgan fingerprint density at radius 3 is 2.66 bits per heavy atom. The van der Waals surface area contributed by atoms with Crippen molar-refractivity contribution in [2.24, 2.45) is 0 Å². The van der Waals surface area contributed by atoms with E-state index >= 15 is 0 Å². The van der Waals surface area contributed by atoms with Crippen LogP contribution in [0.3, 0.4) is 0 Å². The normalized spacial score (nSPS) is 11.6. The molecule has 0 aliphatic rings. The molecule has 29 heavy (non-hydrogen) atoms. The van der Waals surface area contributed by atoms with Gasteiger partial charge >= 0.3 is 0 Å². The van der Waals surface area contributed by atoms with E-state index in [0.29, 0.717) is 21.8 Å². The number of nitrogens with zero attached hydrogens (tertiary/aromatic N) is 1. The van der Waals surface area contributed by atoms with Crippen molar-refractivity contribution in [2.45, 2.75) is 10.1 Å². The van der Waals surface area contributed by atoms with Crippen molar-refractivity contribution in [2.75, 3.05) is 10.5 Å². The van der Waals surface area contributed by atoms with Crippen LogP contribution in [0.1, 0.15) is 10.6 Å². The van der Waals surface area contributed by atoms with Gasteiger partial charge in [-0.3, -0.25) is 9.52 Å². The summed E-state index contributed by atoms with van der Waals surface area (Å²) in [6.07, 6.45) is 1.43. The number of benzene rings is 2. The summed E-state index contributed by atoms with van der Waals surface area (Å²) in [4.78, 5) is 16.3. The molecule has 148 valence electrons. The van der Waals surface area contributed by atoms with Crippen molar-refractivity contribution in [3.05, 3.63) is 71.6 Å². The number of fused-ring (bicyclic) bond motifs is 1. The number of ketones is 1. The summed E-state index contributed by atoms with van der Waals surface area (Å²) in [5.74, 6) is 0.150. The van der Waals surface area contributed by atoms with E-state index in [1.54, 1.807) is 36.4 Å². The summed E-state index contributed by atoms with van der Waals surface area (Å²) < 4.78 is 38.4. The molecular formula is C19H13ClN2O5S2. The first-order chi connectivity index (χ1) is 13.9. The van der Waals surface area contributed by atoms with Gasteiger partial charge in [-0.15, -0.1) is 0 Å². The lowest BCUT2D eigenvalue weighted by Crippen LogP contribution is -2.12. The van der Waals surface area contributed by atoms with Crippen molar-refractivity contribution in [1.29, 1.82) is 0 Å². The minimum absolute atomic E-state index is 0.0384. The lowest BCUT2D eigenvalue weighted by Gasteiger charge is -2.07. The van der Waals surface area contributed by atoms with Crippen LogP contribution in [0.5, 0.6) is 0 Å². The Balaban J connectivity index is 1.51. The van der Waals surface area contributed by atoms with Crippen molar-refractivity contribution < 1.29 is 22.0 Å². The lowest BCUT2D eigenvalue weighted by molar-refractivity contribution is 0.0992. The van der Waals surface area contributed by atoms with Crippen LogP contribution < -0.4 is 4.72 Å². The number of thioether (sulfide) groups is 1. The van der Waals surface area contributed by atoms with Gasteiger partial charge in [-0.05, 0) is 54.6 Å². The smallest absolute Gasteiger partial charge is 0.261 e. The third-order valence-corrected chi connectivity index (χ3v) is 6.33. The number of rotatable bonds is 7. The van der Waals surface area contributed by atoms with Gasteiger partial charge in [0.15, 0.2) is 11.3 Å². The summed E-state index contributed by atoms with van der Waals surface area (Å²) in [5.41, 5.74) is 1.18. The number of hydrogen-bond acceptors (Lipinski definition) is 7. The number of oxazole rings is 1. The SMILES string of the molecule is O=C(CSc1nc2cc(S(=O)(=O)Nc3ccc(Cl)cc3)ccc2o1)c1ccco1. The highest BCUT2D eigenvalue weighted by atomic mass is 35.5. The molecule has 0 atom stereocenters. The molecule has 0 spiro atoms. The van der Waals surface area contributed by atoms with Crippen LogP contribution in [0.25, 0.3) is 11.1 Å². The molecule has 0 saturated carbocycles. The van der Waals surface area contributed by atoms with Gasteiger partial charge in [0.1, 0.15) is 5.52 Å². The Labute approximate surface area is 175 Å². The van der Waals surface area contributed by atoms with E-state index in [9.17, 15) is 13.2 Å². The molecule has 0 amide bonds. The van der Waals surface area contributed by atoms with Crippen LogP contribution in [0.2, 0.25) is 5.02 Å². The highest BCUT2D eigenvalue weighted by molar-refractivity contribution is 7.99. The number of sulfonamides is 1. The molecular weight excluding hydrogens is 436 g/mol. The highest BCUT2D eigenvalue weighted by Gasteiger charge is 2.18. The second kappa shape index (κ2) is 7.94. The van der Waals surface area contributed by atoms with Gasteiger partial charge in [0.25, 0.3) is 15.2 Å². The van der Waals surface area contributed by atoms with E-state index < -0.39 is 10.0 Å². The molecule has 0 aliphatic carbocycles. The fourth-order valence-corrected chi connectivity index (χ4v) is 4.40. The Hall–Kier alpha value is -2.75. The van der Waals surface area contributed by atoms with Crippen LogP contribution in [0, 0.1) is 0 Å². The van der Waals surface area contributed by atoms with Crippen LogP contribution in [0.4, 0.5) is 5.69 Å². The number of halogens is 1. The average Bonchev–Trinajstić information content (AvgIpc) is 3.36. The first-order valence-corrected chi connectivity index (χ1v) is 11.1. The summed E-state index contributed by atoms with van der Waals surface area (Å²) in [7, 11) is -3.81. The topological polar surface area (TPSA) is 102 Å². The third kappa shape index (κ3) is 4.47. The molecule has 2 heterocycles. The predicted octanol–water partition coefficient (Wildman–Crippen LogP) is 4.85. The number of hydrogen-bond donors (Lipinski definition) is 1. The zero-order valence-electron chi connectivity index (χ0n) is 14.7. The molecule has 7 nitrogen and oxygen atoms in total. The van der Waals surface area contributed by atoms with Crippen molar-refractivity contribution in [1.82, 2.24) is 4.98 Å². The molecule has 4 rings (SSSR count). The average molecular weight is 449 g/mol. The fraction of sp³-hybridized carbons (Fsp3) is 0.0526. The number of carbonyl (C=O) groups is 1. The molecule has 0 bridgehead atoms. The number of carbonyl (C=O) groups excluding carboxylic acids is 1. The highest BCUT2D eigenvalue weighted by Crippen LogP contribution is 2.27. The van der Waals surface area contributed by atoms with Gasteiger partial charge < -0.3 is 8.83 Å². The first kappa shape index (κ1) is 19.6. The van der Waals surface area contributed by atoms with E-state index in [0.717, 1.165) is 11.8 Å². The number of nitrogens with one attached hydrogen (secondary N) is 1. The minimum atomic E-state index is -3.81. The number of anilines is 1. The van der Waals surface area contributed by atoms with Gasteiger partial charge in [0.05, 0.1) is 16.9 Å². The van der Waals surface area contributed by atoms with E-state index in [4.69, 9.17) is 20.4 Å². The molecule has 0 fully saturated rings. The van der Waals surface area contributed by atoms with Crippen LogP contribution in [-0.4, -0.2) is 24.9 Å². The van der Waals surface area contributed by atoms with Crippen LogP contribution in [-0.2, 0) is 10.0 Å². The van der Waals surface area contributed by atoms with Gasteiger partial charge in [-0.2, -0.15) is 0 Å². The van der Waals surface area contributed by atoms with Gasteiger partial charge in [0, 0.05) is 10.7 Å². The quantitative estimate of drug-likeness (QED) is 0.318. The molecule has 0 unspecified atom stereocenters. The zero-order valence-corrected chi connectivity index (χ0v) is 17.1. The third-order valence-electron chi connectivity index (χ3n) is 3.87. The number of aromatic nitrogens is 1. The molecule has 4 aromatic rings. The summed E-state index contributed by atoms with van der Waals surface area (Å²) in [6.45, 7) is 0. The molecule has 0 saturated heterocycles. The number of furan rings is 1. The van der Waals surface area contributed by atoms with E-state index in [1.165, 1.54) is 24.5 Å². The van der Waals surface area contributed by atoms with E-state index in [2.05, 4.69) is 9.71 Å². The molecule has 2 aromatic carbocycles. The summed E-state index contributed by atoms with van der Waals surface area (Å²) in [6, 6.07) is 13.9. The zero-order chi connectivity index (χ0) is 20.4.